The molecule has 2 aromatic carbocycles. The van der Waals surface area contributed by atoms with Crippen molar-refractivity contribution in [3.05, 3.63) is 53.6 Å². The van der Waals surface area contributed by atoms with Crippen LogP contribution in [0, 0.1) is 0 Å². The highest BCUT2D eigenvalue weighted by Crippen LogP contribution is 2.23. The molecule has 1 aliphatic rings. The number of Topliss-reactive ketones (excluding diaryl/α,β-unsaturated/α-hetero) is 1. The topological polar surface area (TPSA) is 71.1 Å². The molecular weight excluding hydrogens is 370 g/mol. The molecule has 1 amide bonds. The molecule has 3 rings (SSSR count). The maximum absolute atomic E-state index is 12.6. The van der Waals surface area contributed by atoms with Crippen LogP contribution < -0.4 is 14.8 Å². The van der Waals surface area contributed by atoms with Gasteiger partial charge in [0.2, 0.25) is 0 Å². The summed E-state index contributed by atoms with van der Waals surface area (Å²) in [6.45, 7) is 4.19. The molecule has 1 heterocycles. The number of anilines is 1. The SMILES string of the molecule is COc1cc(OC)cc(C(=O)Nc2ccc(C(=O)CN3CCN(C)CC3)cc2)c1. The summed E-state index contributed by atoms with van der Waals surface area (Å²) in [7, 11) is 5.16. The molecule has 29 heavy (non-hydrogen) atoms. The predicted octanol–water partition coefficient (Wildman–Crippen LogP) is 2.39. The molecule has 0 aromatic heterocycles. The molecule has 1 fully saturated rings. The highest BCUT2D eigenvalue weighted by molar-refractivity contribution is 6.05. The molecule has 2 aromatic rings. The van der Waals surface area contributed by atoms with E-state index in [2.05, 4.69) is 22.2 Å². The quantitative estimate of drug-likeness (QED) is 0.724. The maximum atomic E-state index is 12.6. The molecule has 1 aliphatic heterocycles. The molecule has 154 valence electrons. The van der Waals surface area contributed by atoms with Gasteiger partial charge in [-0.05, 0) is 43.4 Å². The number of methoxy groups -OCH3 is 2. The summed E-state index contributed by atoms with van der Waals surface area (Å²) < 4.78 is 10.4. The fourth-order valence-electron chi connectivity index (χ4n) is 3.18. The van der Waals surface area contributed by atoms with Crippen molar-refractivity contribution in [2.24, 2.45) is 0 Å². The molecule has 0 radical (unpaired) electrons. The van der Waals surface area contributed by atoms with Gasteiger partial charge < -0.3 is 19.7 Å². The van der Waals surface area contributed by atoms with E-state index in [1.54, 1.807) is 42.5 Å². The number of benzene rings is 2. The lowest BCUT2D eigenvalue weighted by atomic mass is 10.1. The van der Waals surface area contributed by atoms with Crippen molar-refractivity contribution in [3.8, 4) is 11.5 Å². The smallest absolute Gasteiger partial charge is 0.255 e. The van der Waals surface area contributed by atoms with Crippen molar-refractivity contribution >= 4 is 17.4 Å². The summed E-state index contributed by atoms with van der Waals surface area (Å²) in [6.07, 6.45) is 0. The lowest BCUT2D eigenvalue weighted by molar-refractivity contribution is 0.0876. The Bertz CT molecular complexity index is 837. The van der Waals surface area contributed by atoms with Gasteiger partial charge in [-0.3, -0.25) is 14.5 Å². The summed E-state index contributed by atoms with van der Waals surface area (Å²) >= 11 is 0. The number of nitrogens with one attached hydrogen (secondary N) is 1. The first-order valence-corrected chi connectivity index (χ1v) is 9.57. The maximum Gasteiger partial charge on any atom is 0.255 e. The Morgan fingerprint density at radius 2 is 1.48 bits per heavy atom. The number of piperazine rings is 1. The molecule has 1 N–H and O–H groups in total. The number of amides is 1. The number of nitrogens with zero attached hydrogens (tertiary/aromatic N) is 2. The van der Waals surface area contributed by atoms with E-state index >= 15 is 0 Å². The summed E-state index contributed by atoms with van der Waals surface area (Å²) in [5, 5.41) is 2.84. The van der Waals surface area contributed by atoms with Crippen LogP contribution in [-0.2, 0) is 0 Å². The van der Waals surface area contributed by atoms with E-state index in [1.165, 1.54) is 14.2 Å². The third kappa shape index (κ3) is 5.56. The van der Waals surface area contributed by atoms with Crippen molar-refractivity contribution in [2.75, 3.05) is 59.3 Å². The van der Waals surface area contributed by atoms with Gasteiger partial charge in [0, 0.05) is 49.1 Å². The van der Waals surface area contributed by atoms with Crippen LogP contribution in [0.4, 0.5) is 5.69 Å². The largest absolute Gasteiger partial charge is 0.497 e. The Labute approximate surface area is 171 Å². The van der Waals surface area contributed by atoms with Gasteiger partial charge in [0.05, 0.1) is 20.8 Å². The van der Waals surface area contributed by atoms with Gasteiger partial charge in [0.15, 0.2) is 5.78 Å². The number of likely N-dealkylation sites (N-methyl/N-ethyl adjacent to an activating group) is 1. The van der Waals surface area contributed by atoms with Crippen molar-refractivity contribution in [3.63, 3.8) is 0 Å². The Hall–Kier alpha value is -2.90. The zero-order valence-corrected chi connectivity index (χ0v) is 17.1. The first kappa shape index (κ1) is 20.8. The first-order chi connectivity index (χ1) is 14.0. The molecule has 0 unspecified atom stereocenters. The van der Waals surface area contributed by atoms with Crippen LogP contribution >= 0.6 is 0 Å². The van der Waals surface area contributed by atoms with Crippen LogP contribution in [0.3, 0.4) is 0 Å². The number of hydrogen-bond donors (Lipinski definition) is 1. The van der Waals surface area contributed by atoms with E-state index in [9.17, 15) is 9.59 Å². The zero-order valence-electron chi connectivity index (χ0n) is 17.1. The van der Waals surface area contributed by atoms with Gasteiger partial charge in [-0.2, -0.15) is 0 Å². The molecule has 7 heteroatoms. The normalized spacial score (nSPS) is 15.0. The third-order valence-corrected chi connectivity index (χ3v) is 5.04. The van der Waals surface area contributed by atoms with Crippen LogP contribution in [0.2, 0.25) is 0 Å². The van der Waals surface area contributed by atoms with Gasteiger partial charge in [-0.1, -0.05) is 0 Å². The molecular formula is C22H27N3O4. The zero-order chi connectivity index (χ0) is 20.8. The Kier molecular flexibility index (Phi) is 6.85. The number of hydrogen-bond acceptors (Lipinski definition) is 6. The van der Waals surface area contributed by atoms with Crippen LogP contribution in [0.5, 0.6) is 11.5 Å². The van der Waals surface area contributed by atoms with Crippen LogP contribution in [0.25, 0.3) is 0 Å². The average Bonchev–Trinajstić information content (AvgIpc) is 2.75. The minimum absolute atomic E-state index is 0.0879. The number of carbonyl (C=O) groups excluding carboxylic acids is 2. The van der Waals surface area contributed by atoms with Gasteiger partial charge >= 0.3 is 0 Å². The summed E-state index contributed by atoms with van der Waals surface area (Å²) in [6, 6.07) is 12.0. The second-order valence-electron chi connectivity index (χ2n) is 7.14. The van der Waals surface area contributed by atoms with Crippen LogP contribution in [-0.4, -0.2) is 75.5 Å². The Morgan fingerprint density at radius 1 is 0.897 bits per heavy atom. The highest BCUT2D eigenvalue weighted by atomic mass is 16.5. The first-order valence-electron chi connectivity index (χ1n) is 9.57. The van der Waals surface area contributed by atoms with E-state index in [0.717, 1.165) is 26.2 Å². The van der Waals surface area contributed by atoms with Gasteiger partial charge in [0.1, 0.15) is 11.5 Å². The fourth-order valence-corrected chi connectivity index (χ4v) is 3.18. The molecule has 1 saturated heterocycles. The minimum atomic E-state index is -0.279. The number of rotatable bonds is 7. The molecule has 0 bridgehead atoms. The lowest BCUT2D eigenvalue weighted by Gasteiger charge is -2.31. The van der Waals surface area contributed by atoms with Gasteiger partial charge in [-0.25, -0.2) is 0 Å². The molecule has 0 saturated carbocycles. The van der Waals surface area contributed by atoms with E-state index in [1.807, 2.05) is 0 Å². The van der Waals surface area contributed by atoms with Gasteiger partial charge in [-0.15, -0.1) is 0 Å². The van der Waals surface area contributed by atoms with Gasteiger partial charge in [0.25, 0.3) is 5.91 Å². The van der Waals surface area contributed by atoms with E-state index < -0.39 is 0 Å². The molecule has 0 atom stereocenters. The second-order valence-corrected chi connectivity index (χ2v) is 7.14. The number of carbonyl (C=O) groups is 2. The number of ether oxygens (including phenoxy) is 2. The van der Waals surface area contributed by atoms with Crippen molar-refractivity contribution in [2.45, 2.75) is 0 Å². The summed E-state index contributed by atoms with van der Waals surface area (Å²) in [4.78, 5) is 29.5. The predicted molar refractivity (Wildman–Crippen MR) is 112 cm³/mol. The van der Waals surface area contributed by atoms with Crippen molar-refractivity contribution in [1.82, 2.24) is 9.80 Å². The van der Waals surface area contributed by atoms with Crippen LogP contribution in [0.1, 0.15) is 20.7 Å². The Balaban J connectivity index is 1.61. The fraction of sp³-hybridized carbons (Fsp3) is 0.364. The molecule has 0 spiro atoms. The van der Waals surface area contributed by atoms with Crippen molar-refractivity contribution < 1.29 is 19.1 Å². The van der Waals surface area contributed by atoms with Crippen LogP contribution in [0.15, 0.2) is 42.5 Å². The highest BCUT2D eigenvalue weighted by Gasteiger charge is 2.17. The van der Waals surface area contributed by atoms with E-state index in [-0.39, 0.29) is 11.7 Å². The van der Waals surface area contributed by atoms with E-state index in [0.29, 0.717) is 34.9 Å². The third-order valence-electron chi connectivity index (χ3n) is 5.04. The second kappa shape index (κ2) is 9.54. The van der Waals surface area contributed by atoms with E-state index in [4.69, 9.17) is 9.47 Å². The summed E-state index contributed by atoms with van der Waals surface area (Å²) in [5.74, 6) is 0.891. The molecule has 0 aliphatic carbocycles. The average molecular weight is 397 g/mol. The monoisotopic (exact) mass is 397 g/mol. The summed E-state index contributed by atoms with van der Waals surface area (Å²) in [5.41, 5.74) is 1.69. The number of ketones is 1. The van der Waals surface area contributed by atoms with Crippen molar-refractivity contribution in [1.29, 1.82) is 0 Å². The Morgan fingerprint density at radius 3 is 2.03 bits per heavy atom. The lowest BCUT2D eigenvalue weighted by Crippen LogP contribution is -2.46. The standard InChI is InChI=1S/C22H27N3O4/c1-24-8-10-25(11-9-24)15-21(26)16-4-6-18(7-5-16)23-22(27)17-12-19(28-2)14-20(13-17)29-3/h4-7,12-14H,8-11,15H2,1-3H3,(H,23,27). The molecule has 7 nitrogen and oxygen atoms in total. The minimum Gasteiger partial charge on any atom is -0.497 e.